The third-order valence-electron chi connectivity index (χ3n) is 2.52. The van der Waals surface area contributed by atoms with Gasteiger partial charge in [-0.05, 0) is 24.3 Å². The van der Waals surface area contributed by atoms with Crippen molar-refractivity contribution in [3.05, 3.63) is 47.5 Å². The third kappa shape index (κ3) is 2.94. The zero-order valence-corrected chi connectivity index (χ0v) is 10.6. The number of carbonyl (C=O) groups excluding carboxylic acids is 1. The van der Waals surface area contributed by atoms with Gasteiger partial charge in [0.2, 0.25) is 5.76 Å². The van der Waals surface area contributed by atoms with Crippen LogP contribution in [0.15, 0.2) is 34.9 Å². The summed E-state index contributed by atoms with van der Waals surface area (Å²) in [5.41, 5.74) is 0.292. The number of ether oxygens (including phenoxy) is 1. The van der Waals surface area contributed by atoms with E-state index in [1.165, 1.54) is 25.4 Å². The predicted molar refractivity (Wildman–Crippen MR) is 68.6 cm³/mol. The zero-order chi connectivity index (χ0) is 14.5. The summed E-state index contributed by atoms with van der Waals surface area (Å²) < 4.78 is 9.73. The molecule has 0 spiro atoms. The van der Waals surface area contributed by atoms with E-state index in [1.807, 2.05) is 0 Å². The second kappa shape index (κ2) is 5.87. The number of methoxy groups -OCH3 is 1. The Morgan fingerprint density at radius 2 is 2.20 bits per heavy atom. The molecule has 0 aliphatic heterocycles. The predicted octanol–water partition coefficient (Wildman–Crippen LogP) is 1.77. The number of nitrogens with zero attached hydrogens (tertiary/aromatic N) is 1. The van der Waals surface area contributed by atoms with Crippen LogP contribution in [-0.2, 0) is 11.3 Å². The van der Waals surface area contributed by atoms with Crippen molar-refractivity contribution < 1.29 is 23.8 Å². The van der Waals surface area contributed by atoms with E-state index >= 15 is 0 Å². The van der Waals surface area contributed by atoms with E-state index in [1.54, 1.807) is 12.1 Å². The van der Waals surface area contributed by atoms with Crippen molar-refractivity contribution in [2.45, 2.75) is 6.54 Å². The largest absolute Gasteiger partial charge is 0.475 e. The molecule has 0 radical (unpaired) electrons. The molecule has 104 valence electrons. The number of pyridine rings is 1. The van der Waals surface area contributed by atoms with Crippen molar-refractivity contribution in [1.29, 1.82) is 0 Å². The van der Waals surface area contributed by atoms with Gasteiger partial charge in [-0.3, -0.25) is 0 Å². The Bertz CT molecular complexity index is 635. The number of carboxylic acid groups (broad SMARTS) is 1. The van der Waals surface area contributed by atoms with Crippen molar-refractivity contribution in [2.75, 3.05) is 12.4 Å². The summed E-state index contributed by atoms with van der Waals surface area (Å²) in [6.07, 6.45) is 1.53. The van der Waals surface area contributed by atoms with Crippen LogP contribution >= 0.6 is 0 Å². The highest BCUT2D eigenvalue weighted by Crippen LogP contribution is 2.15. The lowest BCUT2D eigenvalue weighted by molar-refractivity contribution is 0.0600. The molecule has 0 fully saturated rings. The maximum absolute atomic E-state index is 11.5. The highest BCUT2D eigenvalue weighted by Gasteiger charge is 2.13. The van der Waals surface area contributed by atoms with Gasteiger partial charge in [-0.2, -0.15) is 0 Å². The van der Waals surface area contributed by atoms with Crippen LogP contribution in [0.1, 0.15) is 26.7 Å². The van der Waals surface area contributed by atoms with Crippen molar-refractivity contribution in [3.8, 4) is 0 Å². The zero-order valence-electron chi connectivity index (χ0n) is 10.6. The van der Waals surface area contributed by atoms with E-state index in [0.29, 0.717) is 17.1 Å². The molecule has 2 aromatic heterocycles. The summed E-state index contributed by atoms with van der Waals surface area (Å²) >= 11 is 0. The molecule has 0 amide bonds. The fraction of sp³-hybridized carbons (Fsp3) is 0.154. The quantitative estimate of drug-likeness (QED) is 0.802. The van der Waals surface area contributed by atoms with Crippen LogP contribution in [0.3, 0.4) is 0 Å². The minimum atomic E-state index is -1.13. The van der Waals surface area contributed by atoms with Crippen molar-refractivity contribution >= 4 is 17.8 Å². The van der Waals surface area contributed by atoms with Crippen molar-refractivity contribution in [2.24, 2.45) is 0 Å². The van der Waals surface area contributed by atoms with Crippen molar-refractivity contribution in [1.82, 2.24) is 4.98 Å². The lowest BCUT2D eigenvalue weighted by atomic mass is 10.2. The smallest absolute Gasteiger partial charge is 0.371 e. The Hall–Kier alpha value is -2.83. The van der Waals surface area contributed by atoms with E-state index in [-0.39, 0.29) is 12.3 Å². The van der Waals surface area contributed by atoms with Crippen LogP contribution in [0.25, 0.3) is 0 Å². The fourth-order valence-corrected chi connectivity index (χ4v) is 1.58. The maximum atomic E-state index is 11.5. The van der Waals surface area contributed by atoms with Crippen LogP contribution in [0, 0.1) is 0 Å². The molecule has 0 unspecified atom stereocenters. The molecule has 2 rings (SSSR count). The van der Waals surface area contributed by atoms with Gasteiger partial charge in [0.1, 0.15) is 17.1 Å². The minimum absolute atomic E-state index is 0.143. The summed E-state index contributed by atoms with van der Waals surface area (Å²) in [6, 6.07) is 6.09. The number of hydrogen-bond donors (Lipinski definition) is 2. The highest BCUT2D eigenvalue weighted by atomic mass is 16.5. The number of furan rings is 1. The number of carbonyl (C=O) groups is 2. The molecule has 7 nitrogen and oxygen atoms in total. The van der Waals surface area contributed by atoms with Gasteiger partial charge in [0, 0.05) is 6.20 Å². The van der Waals surface area contributed by atoms with Crippen LogP contribution in [-0.4, -0.2) is 29.1 Å². The van der Waals surface area contributed by atoms with Gasteiger partial charge in [0.05, 0.1) is 13.7 Å². The van der Waals surface area contributed by atoms with Gasteiger partial charge in [-0.25, -0.2) is 14.6 Å². The Morgan fingerprint density at radius 3 is 2.85 bits per heavy atom. The van der Waals surface area contributed by atoms with Crippen LogP contribution < -0.4 is 5.32 Å². The van der Waals surface area contributed by atoms with Gasteiger partial charge in [-0.1, -0.05) is 0 Å². The summed E-state index contributed by atoms with van der Waals surface area (Å²) in [5.74, 6) is -1.02. The normalized spacial score (nSPS) is 10.1. The average molecular weight is 276 g/mol. The summed E-state index contributed by atoms with van der Waals surface area (Å²) in [7, 11) is 1.28. The second-order valence-electron chi connectivity index (χ2n) is 3.82. The monoisotopic (exact) mass is 276 g/mol. The number of aromatic carboxylic acids is 1. The van der Waals surface area contributed by atoms with Crippen LogP contribution in [0.2, 0.25) is 0 Å². The standard InChI is InChI=1S/C13H12N2O5/c1-19-13(18)9-3-2-6-14-11(9)15-7-8-4-5-10(20-8)12(16)17/h2-6H,7H2,1H3,(H,14,15)(H,16,17). The summed E-state index contributed by atoms with van der Waals surface area (Å²) in [5, 5.41) is 11.6. The van der Waals surface area contributed by atoms with E-state index in [9.17, 15) is 9.59 Å². The number of nitrogens with one attached hydrogen (secondary N) is 1. The van der Waals surface area contributed by atoms with Crippen molar-refractivity contribution in [3.63, 3.8) is 0 Å². The Balaban J connectivity index is 2.10. The molecular weight excluding hydrogens is 264 g/mol. The molecule has 20 heavy (non-hydrogen) atoms. The third-order valence-corrected chi connectivity index (χ3v) is 2.52. The first-order valence-corrected chi connectivity index (χ1v) is 5.71. The molecular formula is C13H12N2O5. The number of hydrogen-bond acceptors (Lipinski definition) is 6. The number of rotatable bonds is 5. The first kappa shape index (κ1) is 13.6. The van der Waals surface area contributed by atoms with E-state index < -0.39 is 11.9 Å². The number of anilines is 1. The SMILES string of the molecule is COC(=O)c1cccnc1NCc1ccc(C(=O)O)o1. The molecule has 0 aliphatic carbocycles. The molecule has 0 saturated heterocycles. The first-order chi connectivity index (χ1) is 9.61. The fourth-order valence-electron chi connectivity index (χ4n) is 1.58. The molecule has 2 N–H and O–H groups in total. The summed E-state index contributed by atoms with van der Waals surface area (Å²) in [6.45, 7) is 0.203. The number of aromatic nitrogens is 1. The molecule has 2 heterocycles. The highest BCUT2D eigenvalue weighted by molar-refractivity contribution is 5.94. The molecule has 0 bridgehead atoms. The molecule has 0 atom stereocenters. The Labute approximate surface area is 114 Å². The van der Waals surface area contributed by atoms with E-state index in [4.69, 9.17) is 9.52 Å². The van der Waals surface area contributed by atoms with Gasteiger partial charge in [0.15, 0.2) is 0 Å². The molecule has 0 saturated carbocycles. The van der Waals surface area contributed by atoms with Crippen LogP contribution in [0.5, 0.6) is 0 Å². The number of carboxylic acids is 1. The Kier molecular flexibility index (Phi) is 3.99. The van der Waals surface area contributed by atoms with E-state index in [0.717, 1.165) is 0 Å². The van der Waals surface area contributed by atoms with Gasteiger partial charge >= 0.3 is 11.9 Å². The Morgan fingerprint density at radius 1 is 1.40 bits per heavy atom. The lowest BCUT2D eigenvalue weighted by Gasteiger charge is -2.07. The molecule has 7 heteroatoms. The van der Waals surface area contributed by atoms with Gasteiger partial charge < -0.3 is 19.6 Å². The average Bonchev–Trinajstić information content (AvgIpc) is 2.93. The molecule has 2 aromatic rings. The lowest BCUT2D eigenvalue weighted by Crippen LogP contribution is -2.09. The van der Waals surface area contributed by atoms with Crippen LogP contribution in [0.4, 0.5) is 5.82 Å². The molecule has 0 aliphatic rings. The second-order valence-corrected chi connectivity index (χ2v) is 3.82. The molecule has 0 aromatic carbocycles. The van der Waals surface area contributed by atoms with Gasteiger partial charge in [-0.15, -0.1) is 0 Å². The number of esters is 1. The minimum Gasteiger partial charge on any atom is -0.475 e. The first-order valence-electron chi connectivity index (χ1n) is 5.71. The summed E-state index contributed by atoms with van der Waals surface area (Å²) in [4.78, 5) is 26.3. The topological polar surface area (TPSA) is 102 Å². The van der Waals surface area contributed by atoms with E-state index in [2.05, 4.69) is 15.0 Å². The van der Waals surface area contributed by atoms with Gasteiger partial charge in [0.25, 0.3) is 0 Å². The maximum Gasteiger partial charge on any atom is 0.371 e.